The molecular weight excluding hydrogens is 284 g/mol. The molecule has 1 aromatic carbocycles. The number of carbonyl (C=O) groups is 1. The second-order valence-corrected chi connectivity index (χ2v) is 5.88. The molecule has 0 bridgehead atoms. The van der Waals surface area contributed by atoms with E-state index in [9.17, 15) is 13.2 Å². The van der Waals surface area contributed by atoms with Crippen molar-refractivity contribution in [2.24, 2.45) is 11.0 Å². The number of anilines is 1. The Morgan fingerprint density at radius 1 is 1.40 bits per heavy atom. The standard InChI is InChI=1S/C11H12N4O4S/c12-14-13-6-8-5-11(16)15(7-8)9-1-3-10(4-2-9)20(17,18)19/h1-4,8H,5-7H2,(H,17,18,19). The Morgan fingerprint density at radius 2 is 2.05 bits per heavy atom. The second kappa shape index (κ2) is 5.49. The van der Waals surface area contributed by atoms with Gasteiger partial charge in [-0.25, -0.2) is 0 Å². The maximum atomic E-state index is 11.9. The lowest BCUT2D eigenvalue weighted by Crippen LogP contribution is -2.24. The first-order valence-electron chi connectivity index (χ1n) is 5.80. The van der Waals surface area contributed by atoms with Gasteiger partial charge in [-0.15, -0.1) is 0 Å². The first-order chi connectivity index (χ1) is 9.41. The van der Waals surface area contributed by atoms with Crippen molar-refractivity contribution in [1.82, 2.24) is 0 Å². The Morgan fingerprint density at radius 3 is 2.60 bits per heavy atom. The highest BCUT2D eigenvalue weighted by Crippen LogP contribution is 2.26. The van der Waals surface area contributed by atoms with Crippen LogP contribution in [-0.4, -0.2) is 32.0 Å². The smallest absolute Gasteiger partial charge is 0.294 e. The van der Waals surface area contributed by atoms with E-state index in [4.69, 9.17) is 10.1 Å². The van der Waals surface area contributed by atoms with E-state index >= 15 is 0 Å². The third-order valence-electron chi connectivity index (χ3n) is 3.05. The lowest BCUT2D eigenvalue weighted by molar-refractivity contribution is -0.117. The van der Waals surface area contributed by atoms with Crippen LogP contribution in [0.5, 0.6) is 0 Å². The fraction of sp³-hybridized carbons (Fsp3) is 0.364. The van der Waals surface area contributed by atoms with Gasteiger partial charge >= 0.3 is 0 Å². The van der Waals surface area contributed by atoms with Crippen LogP contribution in [0.3, 0.4) is 0 Å². The van der Waals surface area contributed by atoms with Crippen LogP contribution in [0.2, 0.25) is 0 Å². The molecule has 2 rings (SSSR count). The monoisotopic (exact) mass is 296 g/mol. The molecule has 1 fully saturated rings. The molecule has 1 saturated heterocycles. The highest BCUT2D eigenvalue weighted by Gasteiger charge is 2.30. The average Bonchev–Trinajstić information content (AvgIpc) is 2.77. The van der Waals surface area contributed by atoms with Crippen molar-refractivity contribution >= 4 is 21.7 Å². The van der Waals surface area contributed by atoms with Gasteiger partial charge in [-0.05, 0) is 35.7 Å². The Balaban J connectivity index is 2.16. The molecule has 1 aliphatic heterocycles. The van der Waals surface area contributed by atoms with Crippen LogP contribution in [0.1, 0.15) is 6.42 Å². The van der Waals surface area contributed by atoms with Crippen molar-refractivity contribution in [1.29, 1.82) is 0 Å². The molecule has 0 spiro atoms. The van der Waals surface area contributed by atoms with Gasteiger partial charge < -0.3 is 4.90 Å². The van der Waals surface area contributed by atoms with Gasteiger partial charge in [-0.2, -0.15) is 8.42 Å². The molecule has 1 atom stereocenters. The van der Waals surface area contributed by atoms with E-state index in [0.29, 0.717) is 18.7 Å². The van der Waals surface area contributed by atoms with Gasteiger partial charge in [0.15, 0.2) is 0 Å². The molecule has 0 radical (unpaired) electrons. The second-order valence-electron chi connectivity index (χ2n) is 4.46. The Labute approximate surface area is 115 Å². The lowest BCUT2D eigenvalue weighted by Gasteiger charge is -2.16. The molecule has 1 N–H and O–H groups in total. The number of benzene rings is 1. The van der Waals surface area contributed by atoms with Crippen LogP contribution in [0.15, 0.2) is 34.3 Å². The molecule has 1 heterocycles. The minimum atomic E-state index is -4.24. The number of azide groups is 1. The quantitative estimate of drug-likeness (QED) is 0.392. The van der Waals surface area contributed by atoms with E-state index in [1.165, 1.54) is 29.2 Å². The van der Waals surface area contributed by atoms with E-state index in [-0.39, 0.29) is 23.3 Å². The van der Waals surface area contributed by atoms with Crippen LogP contribution in [0.25, 0.3) is 10.4 Å². The van der Waals surface area contributed by atoms with Gasteiger partial charge in [0.05, 0.1) is 4.90 Å². The predicted octanol–water partition coefficient (Wildman–Crippen LogP) is 1.60. The molecular formula is C11H12N4O4S. The van der Waals surface area contributed by atoms with E-state index < -0.39 is 10.1 Å². The molecule has 0 aliphatic carbocycles. The molecule has 1 aliphatic rings. The molecule has 0 aromatic heterocycles. The maximum absolute atomic E-state index is 11.9. The van der Waals surface area contributed by atoms with Crippen LogP contribution >= 0.6 is 0 Å². The highest BCUT2D eigenvalue weighted by molar-refractivity contribution is 7.85. The summed E-state index contributed by atoms with van der Waals surface area (Å²) >= 11 is 0. The summed E-state index contributed by atoms with van der Waals surface area (Å²) < 4.78 is 30.7. The zero-order chi connectivity index (χ0) is 14.8. The minimum Gasteiger partial charge on any atom is -0.312 e. The van der Waals surface area contributed by atoms with Crippen LogP contribution in [-0.2, 0) is 14.9 Å². The van der Waals surface area contributed by atoms with Gasteiger partial charge in [-0.1, -0.05) is 5.11 Å². The van der Waals surface area contributed by atoms with Gasteiger partial charge in [0, 0.05) is 30.1 Å². The van der Waals surface area contributed by atoms with Crippen molar-refractivity contribution in [3.05, 3.63) is 34.7 Å². The number of nitrogens with zero attached hydrogens (tertiary/aromatic N) is 4. The normalized spacial score (nSPS) is 18.9. The van der Waals surface area contributed by atoms with Crippen molar-refractivity contribution in [3.8, 4) is 0 Å². The Bertz CT molecular complexity index is 664. The van der Waals surface area contributed by atoms with Gasteiger partial charge in [-0.3, -0.25) is 9.35 Å². The summed E-state index contributed by atoms with van der Waals surface area (Å²) in [4.78, 5) is 15.8. The molecule has 1 aromatic rings. The van der Waals surface area contributed by atoms with Gasteiger partial charge in [0.2, 0.25) is 5.91 Å². The minimum absolute atomic E-state index is 0.0420. The van der Waals surface area contributed by atoms with E-state index in [0.717, 1.165) is 0 Å². The molecule has 1 amide bonds. The fourth-order valence-corrected chi connectivity index (χ4v) is 2.58. The summed E-state index contributed by atoms with van der Waals surface area (Å²) in [5.41, 5.74) is 8.81. The molecule has 106 valence electrons. The van der Waals surface area contributed by atoms with E-state index in [1.54, 1.807) is 0 Å². The average molecular weight is 296 g/mol. The first kappa shape index (κ1) is 14.3. The molecule has 1 unspecified atom stereocenters. The third-order valence-corrected chi connectivity index (χ3v) is 3.92. The summed E-state index contributed by atoms with van der Waals surface area (Å²) in [6, 6.07) is 5.38. The summed E-state index contributed by atoms with van der Waals surface area (Å²) in [7, 11) is -4.24. The summed E-state index contributed by atoms with van der Waals surface area (Å²) in [5, 5.41) is 3.45. The number of amides is 1. The largest absolute Gasteiger partial charge is 0.312 e. The Hall–Kier alpha value is -2.09. The predicted molar refractivity (Wildman–Crippen MR) is 70.7 cm³/mol. The number of hydrogen-bond donors (Lipinski definition) is 1. The summed E-state index contributed by atoms with van der Waals surface area (Å²) in [6.07, 6.45) is 0.291. The maximum Gasteiger partial charge on any atom is 0.294 e. The third kappa shape index (κ3) is 3.08. The SMILES string of the molecule is [N-]=[N+]=NCC1CC(=O)N(c2ccc(S(=O)(=O)O)cc2)C1. The number of hydrogen-bond acceptors (Lipinski definition) is 4. The Kier molecular flexibility index (Phi) is 3.93. The summed E-state index contributed by atoms with van der Waals surface area (Å²) in [6.45, 7) is 0.672. The van der Waals surface area contributed by atoms with Gasteiger partial charge in [0.25, 0.3) is 10.1 Å². The number of carbonyl (C=O) groups excluding carboxylic acids is 1. The van der Waals surface area contributed by atoms with Crippen molar-refractivity contribution < 1.29 is 17.8 Å². The first-order valence-corrected chi connectivity index (χ1v) is 7.24. The number of rotatable bonds is 4. The summed E-state index contributed by atoms with van der Waals surface area (Å²) in [5.74, 6) is -0.151. The lowest BCUT2D eigenvalue weighted by atomic mass is 10.1. The topological polar surface area (TPSA) is 123 Å². The molecule has 20 heavy (non-hydrogen) atoms. The molecule has 8 nitrogen and oxygen atoms in total. The highest BCUT2D eigenvalue weighted by atomic mass is 32.2. The van der Waals surface area contributed by atoms with Crippen LogP contribution < -0.4 is 4.90 Å². The molecule has 0 saturated carbocycles. The van der Waals surface area contributed by atoms with Crippen molar-refractivity contribution in [2.75, 3.05) is 18.0 Å². The van der Waals surface area contributed by atoms with E-state index in [2.05, 4.69) is 10.0 Å². The molecule has 9 heteroatoms. The van der Waals surface area contributed by atoms with Crippen LogP contribution in [0.4, 0.5) is 5.69 Å². The zero-order valence-electron chi connectivity index (χ0n) is 10.4. The van der Waals surface area contributed by atoms with Crippen LogP contribution in [0, 0.1) is 5.92 Å². The zero-order valence-corrected chi connectivity index (χ0v) is 11.2. The fourth-order valence-electron chi connectivity index (χ4n) is 2.10. The van der Waals surface area contributed by atoms with Crippen molar-refractivity contribution in [3.63, 3.8) is 0 Å². The van der Waals surface area contributed by atoms with Gasteiger partial charge in [0.1, 0.15) is 0 Å². The van der Waals surface area contributed by atoms with E-state index in [1.807, 2.05) is 0 Å². The van der Waals surface area contributed by atoms with Crippen molar-refractivity contribution in [2.45, 2.75) is 11.3 Å².